The molecule has 0 bridgehead atoms. The maximum atomic E-state index is 11.5. The summed E-state index contributed by atoms with van der Waals surface area (Å²) in [5.41, 5.74) is 12.9. The first-order valence-electron chi connectivity index (χ1n) is 5.55. The number of nitrogen functional groups attached to an aromatic ring is 1. The first-order valence-corrected chi connectivity index (χ1v) is 7.53. The summed E-state index contributed by atoms with van der Waals surface area (Å²) in [4.78, 5) is 11.5. The van der Waals surface area contributed by atoms with Crippen molar-refractivity contribution in [1.82, 2.24) is 9.78 Å². The fraction of sp³-hybridized carbons (Fsp3) is 0.167. The van der Waals surface area contributed by atoms with E-state index in [2.05, 4.69) is 5.10 Å². The molecule has 8 heteroatoms. The molecule has 0 radical (unpaired) electrons. The van der Waals surface area contributed by atoms with E-state index in [0.717, 1.165) is 5.56 Å². The van der Waals surface area contributed by atoms with Gasteiger partial charge in [0.2, 0.25) is 0 Å². The number of halogens is 2. The quantitative estimate of drug-likeness (QED) is 0.847. The third-order valence-corrected chi connectivity index (χ3v) is 3.94. The second-order valence-electron chi connectivity index (χ2n) is 4.10. The molecule has 1 amide bonds. The van der Waals surface area contributed by atoms with Crippen LogP contribution >= 0.6 is 35.0 Å². The Morgan fingerprint density at radius 2 is 2.05 bits per heavy atom. The molecule has 2 rings (SSSR count). The van der Waals surface area contributed by atoms with Crippen molar-refractivity contribution in [3.05, 3.63) is 33.3 Å². The predicted octanol–water partition coefficient (Wildman–Crippen LogP) is 2.89. The Labute approximate surface area is 130 Å². The molecule has 0 fully saturated rings. The van der Waals surface area contributed by atoms with E-state index in [-0.39, 0.29) is 11.4 Å². The van der Waals surface area contributed by atoms with Crippen LogP contribution in [0.2, 0.25) is 10.0 Å². The zero-order valence-corrected chi connectivity index (χ0v) is 13.1. The Morgan fingerprint density at radius 1 is 1.40 bits per heavy atom. The number of rotatable bonds is 3. The lowest BCUT2D eigenvalue weighted by atomic mass is 10.2. The molecule has 0 unspecified atom stereocenters. The predicted molar refractivity (Wildman–Crippen MR) is 83.0 cm³/mol. The fourth-order valence-corrected chi connectivity index (χ4v) is 3.17. The smallest absolute Gasteiger partial charge is 0.255 e. The lowest BCUT2D eigenvalue weighted by molar-refractivity contribution is 0.0998. The van der Waals surface area contributed by atoms with Crippen molar-refractivity contribution in [2.75, 3.05) is 12.0 Å². The minimum atomic E-state index is -0.624. The average Bonchev–Trinajstić information content (AvgIpc) is 2.65. The third kappa shape index (κ3) is 2.46. The zero-order chi connectivity index (χ0) is 15.0. The van der Waals surface area contributed by atoms with E-state index < -0.39 is 5.91 Å². The number of thioether (sulfide) groups is 1. The highest BCUT2D eigenvalue weighted by molar-refractivity contribution is 7.98. The van der Waals surface area contributed by atoms with Gasteiger partial charge in [0.05, 0.1) is 10.7 Å². The normalized spacial score (nSPS) is 10.8. The topological polar surface area (TPSA) is 86.9 Å². The third-order valence-electron chi connectivity index (χ3n) is 2.76. The summed E-state index contributed by atoms with van der Waals surface area (Å²) in [6.07, 6.45) is 1.79. The summed E-state index contributed by atoms with van der Waals surface area (Å²) in [6.45, 7) is 1.83. The number of carbonyl (C=O) groups excluding carboxylic acids is 1. The van der Waals surface area contributed by atoms with E-state index in [1.807, 2.05) is 6.92 Å². The summed E-state index contributed by atoms with van der Waals surface area (Å²) in [6, 6.07) is 3.34. The molecule has 0 aliphatic heterocycles. The van der Waals surface area contributed by atoms with Gasteiger partial charge in [-0.15, -0.1) is 11.8 Å². The summed E-state index contributed by atoms with van der Waals surface area (Å²) in [5.74, 6) is -0.463. The van der Waals surface area contributed by atoms with E-state index in [1.54, 1.807) is 18.4 Å². The van der Waals surface area contributed by atoms with Gasteiger partial charge in [-0.2, -0.15) is 5.10 Å². The number of hydrogen-bond donors (Lipinski definition) is 2. The van der Waals surface area contributed by atoms with Crippen molar-refractivity contribution < 1.29 is 4.79 Å². The summed E-state index contributed by atoms with van der Waals surface area (Å²) < 4.78 is 1.42. The van der Waals surface area contributed by atoms with Crippen molar-refractivity contribution in [3.63, 3.8) is 0 Å². The van der Waals surface area contributed by atoms with Crippen molar-refractivity contribution in [1.29, 1.82) is 0 Å². The molecule has 0 saturated heterocycles. The highest BCUT2D eigenvalue weighted by Gasteiger charge is 2.22. The van der Waals surface area contributed by atoms with Crippen LogP contribution in [0.1, 0.15) is 15.9 Å². The van der Waals surface area contributed by atoms with Crippen LogP contribution in [0, 0.1) is 6.92 Å². The SMILES string of the molecule is CSc1nn(-c2c(C)cc(Cl)cc2Cl)c(N)c1C(N)=O. The monoisotopic (exact) mass is 330 g/mol. The standard InChI is InChI=1S/C12H12Cl2N4OS/c1-5-3-6(13)4-7(14)9(5)18-10(15)8(11(16)19)12(17-18)20-2/h3-4H,15H2,1-2H3,(H2,16,19). The molecule has 0 saturated carbocycles. The number of anilines is 1. The minimum absolute atomic E-state index is 0.161. The number of carbonyl (C=O) groups is 1. The van der Waals surface area contributed by atoms with Gasteiger partial charge in [0.15, 0.2) is 0 Å². The van der Waals surface area contributed by atoms with Gasteiger partial charge >= 0.3 is 0 Å². The molecule has 20 heavy (non-hydrogen) atoms. The largest absolute Gasteiger partial charge is 0.383 e. The van der Waals surface area contributed by atoms with Crippen molar-refractivity contribution in [2.45, 2.75) is 11.9 Å². The molecule has 1 heterocycles. The second kappa shape index (κ2) is 5.55. The Morgan fingerprint density at radius 3 is 2.50 bits per heavy atom. The Bertz CT molecular complexity index is 676. The van der Waals surface area contributed by atoms with E-state index in [1.165, 1.54) is 16.4 Å². The molecule has 0 aliphatic carbocycles. The van der Waals surface area contributed by atoms with Crippen LogP contribution in [0.5, 0.6) is 0 Å². The summed E-state index contributed by atoms with van der Waals surface area (Å²) in [5, 5.41) is 5.67. The van der Waals surface area contributed by atoms with Gasteiger partial charge in [0, 0.05) is 5.02 Å². The van der Waals surface area contributed by atoms with Crippen molar-refractivity contribution >= 4 is 46.7 Å². The number of aromatic nitrogens is 2. The molecule has 0 aliphatic rings. The first-order chi connectivity index (χ1) is 9.36. The van der Waals surface area contributed by atoms with Crippen LogP contribution in [0.3, 0.4) is 0 Å². The maximum absolute atomic E-state index is 11.5. The number of amides is 1. The Kier molecular flexibility index (Phi) is 4.17. The van der Waals surface area contributed by atoms with Crippen molar-refractivity contribution in [3.8, 4) is 5.69 Å². The molecular weight excluding hydrogens is 319 g/mol. The second-order valence-corrected chi connectivity index (χ2v) is 5.74. The fourth-order valence-electron chi connectivity index (χ4n) is 1.92. The number of primary amides is 1. The van der Waals surface area contributed by atoms with Gasteiger partial charge in [0.25, 0.3) is 5.91 Å². The van der Waals surface area contributed by atoms with E-state index >= 15 is 0 Å². The number of nitrogens with zero attached hydrogens (tertiary/aromatic N) is 2. The summed E-state index contributed by atoms with van der Waals surface area (Å²) >= 11 is 13.4. The van der Waals surface area contributed by atoms with Crippen LogP contribution in [0.25, 0.3) is 5.69 Å². The highest BCUT2D eigenvalue weighted by atomic mass is 35.5. The van der Waals surface area contributed by atoms with Gasteiger partial charge in [-0.05, 0) is 30.9 Å². The zero-order valence-electron chi connectivity index (χ0n) is 10.8. The van der Waals surface area contributed by atoms with Gasteiger partial charge in [-0.3, -0.25) is 4.79 Å². The van der Waals surface area contributed by atoms with Gasteiger partial charge in [0.1, 0.15) is 16.4 Å². The van der Waals surface area contributed by atoms with Gasteiger partial charge < -0.3 is 11.5 Å². The molecule has 1 aromatic carbocycles. The molecule has 2 aromatic rings. The molecule has 1 aromatic heterocycles. The number of nitrogens with two attached hydrogens (primary N) is 2. The Hall–Kier alpha value is -1.37. The number of hydrogen-bond acceptors (Lipinski definition) is 4. The van der Waals surface area contributed by atoms with Crippen LogP contribution < -0.4 is 11.5 Å². The first kappa shape index (κ1) is 15.0. The molecule has 4 N–H and O–H groups in total. The average molecular weight is 331 g/mol. The minimum Gasteiger partial charge on any atom is -0.383 e. The maximum Gasteiger partial charge on any atom is 0.255 e. The van der Waals surface area contributed by atoms with Crippen LogP contribution in [-0.4, -0.2) is 21.9 Å². The lowest BCUT2D eigenvalue weighted by Crippen LogP contribution is -2.14. The van der Waals surface area contributed by atoms with Crippen LogP contribution in [-0.2, 0) is 0 Å². The molecule has 0 atom stereocenters. The van der Waals surface area contributed by atoms with E-state index in [4.69, 9.17) is 34.7 Å². The number of benzene rings is 1. The van der Waals surface area contributed by atoms with Gasteiger partial charge in [-0.1, -0.05) is 23.2 Å². The molecular formula is C12H12Cl2N4OS. The molecule has 0 spiro atoms. The van der Waals surface area contributed by atoms with Crippen LogP contribution in [0.4, 0.5) is 5.82 Å². The molecule has 5 nitrogen and oxygen atoms in total. The van der Waals surface area contributed by atoms with E-state index in [0.29, 0.717) is 20.8 Å². The highest BCUT2D eigenvalue weighted by Crippen LogP contribution is 2.33. The Balaban J connectivity index is 2.75. The summed E-state index contributed by atoms with van der Waals surface area (Å²) in [7, 11) is 0. The van der Waals surface area contributed by atoms with Gasteiger partial charge in [-0.25, -0.2) is 4.68 Å². The van der Waals surface area contributed by atoms with Crippen molar-refractivity contribution in [2.24, 2.45) is 5.73 Å². The van der Waals surface area contributed by atoms with E-state index in [9.17, 15) is 4.79 Å². The molecule has 106 valence electrons. The van der Waals surface area contributed by atoms with Crippen LogP contribution in [0.15, 0.2) is 17.2 Å². The lowest BCUT2D eigenvalue weighted by Gasteiger charge is -2.10. The number of aryl methyl sites for hydroxylation is 1.